The molecule has 22 heavy (non-hydrogen) atoms. The molecule has 0 radical (unpaired) electrons. The van der Waals surface area contributed by atoms with E-state index in [2.05, 4.69) is 26.4 Å². The number of amides is 1. The van der Waals surface area contributed by atoms with Crippen molar-refractivity contribution in [2.75, 3.05) is 11.9 Å². The lowest BCUT2D eigenvalue weighted by Crippen LogP contribution is -2.20. The highest BCUT2D eigenvalue weighted by Crippen LogP contribution is 2.11. The molecule has 0 atom stereocenters. The van der Waals surface area contributed by atoms with Gasteiger partial charge in [-0.05, 0) is 30.7 Å². The van der Waals surface area contributed by atoms with Crippen LogP contribution in [0, 0.1) is 6.92 Å². The highest BCUT2D eigenvalue weighted by Gasteiger charge is 2.08. The summed E-state index contributed by atoms with van der Waals surface area (Å²) in [5, 5.41) is 6.05. The number of halogens is 1. The van der Waals surface area contributed by atoms with E-state index in [0.717, 1.165) is 10.0 Å². The molecule has 6 nitrogen and oxygen atoms in total. The molecule has 1 heterocycles. The molecule has 1 N–H and O–H groups in total. The first-order chi connectivity index (χ1) is 10.5. The van der Waals surface area contributed by atoms with Gasteiger partial charge in [-0.25, -0.2) is 4.79 Å². The first-order valence-electron chi connectivity index (χ1n) is 6.36. The third-order valence-electron chi connectivity index (χ3n) is 2.52. The summed E-state index contributed by atoms with van der Waals surface area (Å²) in [6.07, 6.45) is 2.87. The van der Waals surface area contributed by atoms with E-state index < -0.39 is 18.5 Å². The maximum absolute atomic E-state index is 11.5. The van der Waals surface area contributed by atoms with Crippen LogP contribution in [-0.2, 0) is 14.3 Å². The van der Waals surface area contributed by atoms with Crippen LogP contribution >= 0.6 is 15.9 Å². The number of anilines is 1. The molecular weight excluding hydrogens is 352 g/mol. The Kier molecular flexibility index (Phi) is 5.48. The van der Waals surface area contributed by atoms with Crippen LogP contribution in [0.15, 0.2) is 45.4 Å². The van der Waals surface area contributed by atoms with Crippen LogP contribution in [-0.4, -0.2) is 23.6 Å². The maximum atomic E-state index is 11.5. The average molecular weight is 365 g/mol. The van der Waals surface area contributed by atoms with Crippen LogP contribution in [0.5, 0.6) is 0 Å². The van der Waals surface area contributed by atoms with Crippen LogP contribution in [0.25, 0.3) is 6.08 Å². The smallest absolute Gasteiger partial charge is 0.331 e. The Morgan fingerprint density at radius 2 is 2.09 bits per heavy atom. The summed E-state index contributed by atoms with van der Waals surface area (Å²) in [7, 11) is 0. The van der Waals surface area contributed by atoms with E-state index in [9.17, 15) is 9.59 Å². The fourth-order valence-corrected chi connectivity index (χ4v) is 1.79. The lowest BCUT2D eigenvalue weighted by Gasteiger charge is -2.01. The Bertz CT molecular complexity index is 692. The topological polar surface area (TPSA) is 81.4 Å². The number of benzene rings is 1. The number of carbonyl (C=O) groups is 2. The number of nitrogens with zero attached hydrogens (tertiary/aromatic N) is 1. The minimum Gasteiger partial charge on any atom is -0.452 e. The van der Waals surface area contributed by atoms with Crippen molar-refractivity contribution in [2.24, 2.45) is 0 Å². The highest BCUT2D eigenvalue weighted by molar-refractivity contribution is 9.10. The Hall–Kier alpha value is -2.41. The molecule has 0 aliphatic carbocycles. The molecule has 0 bridgehead atoms. The minimum atomic E-state index is -0.602. The summed E-state index contributed by atoms with van der Waals surface area (Å²) in [4.78, 5) is 23.1. The second kappa shape index (κ2) is 7.56. The van der Waals surface area contributed by atoms with Gasteiger partial charge in [-0.2, -0.15) is 0 Å². The number of nitrogens with one attached hydrogen (secondary N) is 1. The second-order valence-corrected chi connectivity index (χ2v) is 5.28. The van der Waals surface area contributed by atoms with Gasteiger partial charge in [0.25, 0.3) is 5.91 Å². The lowest BCUT2D eigenvalue weighted by atomic mass is 10.2. The number of hydrogen-bond donors (Lipinski definition) is 1. The van der Waals surface area contributed by atoms with Crippen molar-refractivity contribution in [3.63, 3.8) is 0 Å². The van der Waals surface area contributed by atoms with Crippen molar-refractivity contribution in [2.45, 2.75) is 6.92 Å². The number of hydrogen-bond acceptors (Lipinski definition) is 5. The molecule has 1 aromatic heterocycles. The van der Waals surface area contributed by atoms with E-state index in [0.29, 0.717) is 5.76 Å². The first-order valence-corrected chi connectivity index (χ1v) is 7.16. The molecule has 0 saturated heterocycles. The summed E-state index contributed by atoms with van der Waals surface area (Å²) < 4.78 is 10.6. The second-order valence-electron chi connectivity index (χ2n) is 4.36. The molecule has 0 saturated carbocycles. The van der Waals surface area contributed by atoms with Crippen molar-refractivity contribution < 1.29 is 18.8 Å². The molecule has 0 spiro atoms. The van der Waals surface area contributed by atoms with Crippen LogP contribution in [0.2, 0.25) is 0 Å². The predicted octanol–water partition coefficient (Wildman–Crippen LogP) is 2.94. The van der Waals surface area contributed by atoms with Gasteiger partial charge >= 0.3 is 5.97 Å². The SMILES string of the molecule is Cc1cc(NC(=O)COC(=O)/C=C/c2ccc(Br)cc2)no1. The number of rotatable bonds is 5. The van der Waals surface area contributed by atoms with Gasteiger partial charge in [-0.1, -0.05) is 33.2 Å². The molecular formula is C15H13BrN2O4. The number of carbonyl (C=O) groups excluding carboxylic acids is 2. The molecule has 2 aromatic rings. The molecule has 0 fully saturated rings. The molecule has 114 valence electrons. The standard InChI is InChI=1S/C15H13BrN2O4/c1-10-8-13(18-22-10)17-14(19)9-21-15(20)7-4-11-2-5-12(16)6-3-11/h2-8H,9H2,1H3,(H,17,18,19)/b7-4+. The summed E-state index contributed by atoms with van der Waals surface area (Å²) in [6, 6.07) is 8.96. The monoisotopic (exact) mass is 364 g/mol. The van der Waals surface area contributed by atoms with Crippen LogP contribution in [0.3, 0.4) is 0 Å². The van der Waals surface area contributed by atoms with Gasteiger partial charge < -0.3 is 14.6 Å². The Morgan fingerprint density at radius 3 is 2.73 bits per heavy atom. The van der Waals surface area contributed by atoms with Gasteiger partial charge in [-0.15, -0.1) is 0 Å². The number of ether oxygens (including phenoxy) is 1. The Balaban J connectivity index is 1.77. The molecule has 0 aliphatic rings. The number of aryl methyl sites for hydroxylation is 1. The molecule has 0 aliphatic heterocycles. The highest BCUT2D eigenvalue weighted by atomic mass is 79.9. The zero-order valence-corrected chi connectivity index (χ0v) is 13.3. The zero-order valence-electron chi connectivity index (χ0n) is 11.7. The van der Waals surface area contributed by atoms with Gasteiger partial charge in [0.1, 0.15) is 5.76 Å². The van der Waals surface area contributed by atoms with E-state index in [1.807, 2.05) is 24.3 Å². The van der Waals surface area contributed by atoms with Crippen molar-refractivity contribution in [1.29, 1.82) is 0 Å². The van der Waals surface area contributed by atoms with Crippen molar-refractivity contribution in [3.8, 4) is 0 Å². The van der Waals surface area contributed by atoms with Gasteiger partial charge in [0.2, 0.25) is 0 Å². The summed E-state index contributed by atoms with van der Waals surface area (Å²) in [5.41, 5.74) is 0.850. The molecule has 7 heteroatoms. The number of esters is 1. The number of aromatic nitrogens is 1. The van der Waals surface area contributed by atoms with E-state index in [4.69, 9.17) is 9.26 Å². The first kappa shape index (κ1) is 16.0. The van der Waals surface area contributed by atoms with Crippen molar-refractivity contribution in [3.05, 3.63) is 52.2 Å². The van der Waals surface area contributed by atoms with Gasteiger partial charge in [-0.3, -0.25) is 4.79 Å². The van der Waals surface area contributed by atoms with Crippen LogP contribution in [0.1, 0.15) is 11.3 Å². The van der Waals surface area contributed by atoms with Crippen molar-refractivity contribution in [1.82, 2.24) is 5.16 Å². The van der Waals surface area contributed by atoms with E-state index in [-0.39, 0.29) is 5.82 Å². The third-order valence-corrected chi connectivity index (χ3v) is 3.05. The van der Waals surface area contributed by atoms with Gasteiger partial charge in [0, 0.05) is 16.6 Å². The average Bonchev–Trinajstić information content (AvgIpc) is 2.89. The van der Waals surface area contributed by atoms with E-state index in [1.165, 1.54) is 6.08 Å². The quantitative estimate of drug-likeness (QED) is 0.651. The van der Waals surface area contributed by atoms with E-state index in [1.54, 1.807) is 19.1 Å². The van der Waals surface area contributed by atoms with Gasteiger partial charge in [0.15, 0.2) is 12.4 Å². The zero-order chi connectivity index (χ0) is 15.9. The summed E-state index contributed by atoms with van der Waals surface area (Å²) >= 11 is 3.32. The molecule has 0 unspecified atom stereocenters. The Labute approximate surface area is 135 Å². The van der Waals surface area contributed by atoms with Crippen molar-refractivity contribution >= 4 is 39.7 Å². The molecule has 1 aromatic carbocycles. The fourth-order valence-electron chi connectivity index (χ4n) is 1.53. The van der Waals surface area contributed by atoms with Crippen LogP contribution in [0.4, 0.5) is 5.82 Å². The molecule has 1 amide bonds. The normalized spacial score (nSPS) is 10.6. The summed E-state index contributed by atoms with van der Waals surface area (Å²) in [5.74, 6) is -0.234. The lowest BCUT2D eigenvalue weighted by molar-refractivity contribution is -0.142. The van der Waals surface area contributed by atoms with Crippen LogP contribution < -0.4 is 5.32 Å². The largest absolute Gasteiger partial charge is 0.452 e. The molecule has 2 rings (SSSR count). The van der Waals surface area contributed by atoms with Gasteiger partial charge in [0.05, 0.1) is 0 Å². The third kappa shape index (κ3) is 5.17. The predicted molar refractivity (Wildman–Crippen MR) is 84.0 cm³/mol. The summed E-state index contributed by atoms with van der Waals surface area (Å²) in [6.45, 7) is 1.31. The van der Waals surface area contributed by atoms with E-state index >= 15 is 0 Å². The fraction of sp³-hybridized carbons (Fsp3) is 0.133. The Morgan fingerprint density at radius 1 is 1.36 bits per heavy atom. The maximum Gasteiger partial charge on any atom is 0.331 e. The minimum absolute atomic E-state index is 0.281.